The van der Waals surface area contributed by atoms with Crippen molar-refractivity contribution >= 4 is 0 Å². The molecule has 1 saturated carbocycles. The van der Waals surface area contributed by atoms with Gasteiger partial charge >= 0.3 is 0 Å². The van der Waals surface area contributed by atoms with E-state index in [0.29, 0.717) is 17.5 Å². The van der Waals surface area contributed by atoms with Crippen molar-refractivity contribution in [2.45, 2.75) is 57.5 Å². The monoisotopic (exact) mass is 212 g/mol. The van der Waals surface area contributed by atoms with Crippen LogP contribution in [0, 0.1) is 5.92 Å². The number of hydrogen-bond donors (Lipinski definition) is 1. The third-order valence-corrected chi connectivity index (χ3v) is 4.17. The lowest BCUT2D eigenvalue weighted by Crippen LogP contribution is -2.61. The second kappa shape index (κ2) is 5.31. The van der Waals surface area contributed by atoms with E-state index >= 15 is 0 Å². The molecule has 1 aliphatic carbocycles. The summed E-state index contributed by atoms with van der Waals surface area (Å²) in [5.41, 5.74) is 0.390. The molecule has 0 aromatic carbocycles. The van der Waals surface area contributed by atoms with Gasteiger partial charge in [-0.25, -0.2) is 0 Å². The van der Waals surface area contributed by atoms with E-state index in [0.717, 1.165) is 0 Å². The SMILES string of the molecule is CNC(C(C)C)C1(N(C)C)CCCCC1. The van der Waals surface area contributed by atoms with Gasteiger partial charge in [-0.3, -0.25) is 0 Å². The van der Waals surface area contributed by atoms with Gasteiger partial charge in [0.15, 0.2) is 0 Å². The number of likely N-dealkylation sites (N-methyl/N-ethyl adjacent to an activating group) is 2. The maximum Gasteiger partial charge on any atom is 0.0358 e. The molecule has 2 nitrogen and oxygen atoms in total. The fourth-order valence-electron chi connectivity index (χ4n) is 3.42. The van der Waals surface area contributed by atoms with Gasteiger partial charge in [0.2, 0.25) is 0 Å². The predicted octanol–water partition coefficient (Wildman–Crippen LogP) is 2.49. The summed E-state index contributed by atoms with van der Waals surface area (Å²) < 4.78 is 0. The van der Waals surface area contributed by atoms with Gasteiger partial charge in [-0.1, -0.05) is 33.1 Å². The van der Waals surface area contributed by atoms with Gasteiger partial charge in [-0.15, -0.1) is 0 Å². The van der Waals surface area contributed by atoms with Crippen molar-refractivity contribution in [3.8, 4) is 0 Å². The smallest absolute Gasteiger partial charge is 0.0358 e. The molecule has 0 bridgehead atoms. The van der Waals surface area contributed by atoms with Crippen molar-refractivity contribution < 1.29 is 0 Å². The number of hydrogen-bond acceptors (Lipinski definition) is 2. The van der Waals surface area contributed by atoms with E-state index in [4.69, 9.17) is 0 Å². The Kier molecular flexibility index (Phi) is 4.60. The maximum atomic E-state index is 3.55. The van der Waals surface area contributed by atoms with Crippen molar-refractivity contribution in [1.29, 1.82) is 0 Å². The first-order valence-electron chi connectivity index (χ1n) is 6.39. The summed E-state index contributed by atoms with van der Waals surface area (Å²) >= 11 is 0. The van der Waals surface area contributed by atoms with Crippen LogP contribution in [0.15, 0.2) is 0 Å². The highest BCUT2D eigenvalue weighted by molar-refractivity contribution is 5.01. The zero-order valence-electron chi connectivity index (χ0n) is 11.1. The number of nitrogens with one attached hydrogen (secondary N) is 1. The average Bonchev–Trinajstić information content (AvgIpc) is 2.19. The van der Waals surface area contributed by atoms with Crippen LogP contribution in [0.5, 0.6) is 0 Å². The van der Waals surface area contributed by atoms with E-state index in [9.17, 15) is 0 Å². The van der Waals surface area contributed by atoms with Crippen LogP contribution in [-0.2, 0) is 0 Å². The molecule has 90 valence electrons. The van der Waals surface area contributed by atoms with Crippen LogP contribution in [0.4, 0.5) is 0 Å². The molecule has 0 radical (unpaired) electrons. The summed E-state index contributed by atoms with van der Waals surface area (Å²) in [4.78, 5) is 2.47. The Bertz CT molecular complexity index is 181. The Labute approximate surface area is 95.4 Å². The van der Waals surface area contributed by atoms with Crippen LogP contribution in [0.25, 0.3) is 0 Å². The molecule has 0 aliphatic heterocycles. The second-order valence-corrected chi connectivity index (χ2v) is 5.57. The van der Waals surface area contributed by atoms with Crippen LogP contribution < -0.4 is 5.32 Å². The number of rotatable bonds is 4. The van der Waals surface area contributed by atoms with Gasteiger partial charge < -0.3 is 10.2 Å². The zero-order valence-corrected chi connectivity index (χ0v) is 11.1. The van der Waals surface area contributed by atoms with Crippen molar-refractivity contribution in [3.63, 3.8) is 0 Å². The quantitative estimate of drug-likeness (QED) is 0.770. The van der Waals surface area contributed by atoms with Gasteiger partial charge in [0.25, 0.3) is 0 Å². The first-order valence-corrected chi connectivity index (χ1v) is 6.39. The Balaban J connectivity index is 2.87. The third-order valence-electron chi connectivity index (χ3n) is 4.17. The molecule has 1 aliphatic rings. The molecule has 0 aromatic heterocycles. The van der Waals surface area contributed by atoms with Crippen molar-refractivity contribution in [3.05, 3.63) is 0 Å². The molecule has 15 heavy (non-hydrogen) atoms. The molecule has 0 heterocycles. The first kappa shape index (κ1) is 13.0. The van der Waals surface area contributed by atoms with Crippen LogP contribution >= 0.6 is 0 Å². The second-order valence-electron chi connectivity index (χ2n) is 5.57. The summed E-state index contributed by atoms with van der Waals surface area (Å²) in [5.74, 6) is 0.704. The number of nitrogens with zero attached hydrogens (tertiary/aromatic N) is 1. The molecule has 0 aromatic rings. The van der Waals surface area contributed by atoms with E-state index in [1.807, 2.05) is 0 Å². The van der Waals surface area contributed by atoms with Crippen molar-refractivity contribution in [2.75, 3.05) is 21.1 Å². The van der Waals surface area contributed by atoms with E-state index in [1.54, 1.807) is 0 Å². The Morgan fingerprint density at radius 3 is 1.93 bits per heavy atom. The van der Waals surface area contributed by atoms with E-state index in [1.165, 1.54) is 32.1 Å². The molecule has 1 N–H and O–H groups in total. The summed E-state index contributed by atoms with van der Waals surface area (Å²) in [7, 11) is 6.61. The molecule has 1 atom stereocenters. The van der Waals surface area contributed by atoms with Crippen molar-refractivity contribution in [2.24, 2.45) is 5.92 Å². The lowest BCUT2D eigenvalue weighted by Gasteiger charge is -2.50. The van der Waals surface area contributed by atoms with Gasteiger partial charge in [0, 0.05) is 11.6 Å². The van der Waals surface area contributed by atoms with Gasteiger partial charge in [-0.2, -0.15) is 0 Å². The predicted molar refractivity (Wildman–Crippen MR) is 67.2 cm³/mol. The van der Waals surface area contributed by atoms with Gasteiger partial charge in [-0.05, 0) is 39.9 Å². The van der Waals surface area contributed by atoms with Crippen LogP contribution in [0.2, 0.25) is 0 Å². The molecular formula is C13H28N2. The summed E-state index contributed by atoms with van der Waals surface area (Å²) in [6.07, 6.45) is 6.91. The van der Waals surface area contributed by atoms with E-state index < -0.39 is 0 Å². The highest BCUT2D eigenvalue weighted by atomic mass is 15.2. The van der Waals surface area contributed by atoms with Crippen molar-refractivity contribution in [1.82, 2.24) is 10.2 Å². The lowest BCUT2D eigenvalue weighted by molar-refractivity contribution is 0.0419. The minimum atomic E-state index is 0.390. The van der Waals surface area contributed by atoms with Crippen LogP contribution in [0.3, 0.4) is 0 Å². The molecular weight excluding hydrogens is 184 g/mol. The Morgan fingerprint density at radius 2 is 1.60 bits per heavy atom. The van der Waals surface area contributed by atoms with E-state index in [2.05, 4.69) is 45.2 Å². The Hall–Kier alpha value is -0.0800. The largest absolute Gasteiger partial charge is 0.315 e. The van der Waals surface area contributed by atoms with Gasteiger partial charge in [0.1, 0.15) is 0 Å². The molecule has 2 heteroatoms. The highest BCUT2D eigenvalue weighted by Gasteiger charge is 2.42. The molecule has 0 saturated heterocycles. The Morgan fingerprint density at radius 1 is 1.07 bits per heavy atom. The third kappa shape index (κ3) is 2.54. The highest BCUT2D eigenvalue weighted by Crippen LogP contribution is 2.37. The van der Waals surface area contributed by atoms with Crippen LogP contribution in [0.1, 0.15) is 46.0 Å². The fraction of sp³-hybridized carbons (Fsp3) is 1.00. The first-order chi connectivity index (χ1) is 7.04. The fourth-order valence-corrected chi connectivity index (χ4v) is 3.42. The summed E-state index contributed by atoms with van der Waals surface area (Å²) in [6, 6.07) is 0.618. The lowest BCUT2D eigenvalue weighted by atomic mass is 9.72. The van der Waals surface area contributed by atoms with E-state index in [-0.39, 0.29) is 0 Å². The summed E-state index contributed by atoms with van der Waals surface area (Å²) in [5, 5.41) is 3.55. The minimum absolute atomic E-state index is 0.390. The normalized spacial score (nSPS) is 23.4. The molecule has 1 fully saturated rings. The standard InChI is InChI=1S/C13H28N2/c1-11(2)12(14-3)13(15(4)5)9-7-6-8-10-13/h11-12,14H,6-10H2,1-5H3. The molecule has 1 unspecified atom stereocenters. The minimum Gasteiger partial charge on any atom is -0.315 e. The molecule has 0 spiro atoms. The zero-order chi connectivity index (χ0) is 11.5. The topological polar surface area (TPSA) is 15.3 Å². The average molecular weight is 212 g/mol. The van der Waals surface area contributed by atoms with Gasteiger partial charge in [0.05, 0.1) is 0 Å². The molecule has 1 rings (SSSR count). The molecule has 0 amide bonds. The maximum absolute atomic E-state index is 3.55. The van der Waals surface area contributed by atoms with Crippen LogP contribution in [-0.4, -0.2) is 37.6 Å². The summed E-state index contributed by atoms with van der Waals surface area (Å²) in [6.45, 7) is 4.67.